The maximum Gasteiger partial charge on any atom is 0.266 e. The molecule has 0 bridgehead atoms. The zero-order chi connectivity index (χ0) is 19.1. The summed E-state index contributed by atoms with van der Waals surface area (Å²) in [7, 11) is 3.09. The normalized spacial score (nSPS) is 17.1. The number of hydrogen-bond acceptors (Lipinski definition) is 5. The lowest BCUT2D eigenvalue weighted by Gasteiger charge is -2.23. The van der Waals surface area contributed by atoms with E-state index in [1.165, 1.54) is 4.90 Å². The number of aromatic amines is 1. The van der Waals surface area contributed by atoms with Crippen LogP contribution in [0.5, 0.6) is 11.5 Å². The second kappa shape index (κ2) is 6.35. The van der Waals surface area contributed by atoms with Gasteiger partial charge in [0.15, 0.2) is 0 Å². The van der Waals surface area contributed by atoms with E-state index in [1.54, 1.807) is 39.3 Å². The van der Waals surface area contributed by atoms with E-state index in [9.17, 15) is 9.90 Å². The molecule has 7 nitrogen and oxygen atoms in total. The molecule has 1 aliphatic rings. The highest BCUT2D eigenvalue weighted by atomic mass is 16.5. The maximum atomic E-state index is 13.2. The minimum absolute atomic E-state index is 0.0270. The van der Waals surface area contributed by atoms with Crippen LogP contribution in [0.2, 0.25) is 0 Å². The molecular weight excluding hydrogens is 346 g/mol. The van der Waals surface area contributed by atoms with Crippen LogP contribution in [0.15, 0.2) is 48.2 Å². The molecule has 2 N–H and O–H groups in total. The van der Waals surface area contributed by atoms with Crippen molar-refractivity contribution in [3.8, 4) is 11.5 Å². The third-order valence-electron chi connectivity index (χ3n) is 4.71. The number of amides is 1. The fraction of sp³-hybridized carbons (Fsp3) is 0.200. The van der Waals surface area contributed by atoms with E-state index in [0.717, 1.165) is 11.0 Å². The highest BCUT2D eigenvalue weighted by molar-refractivity contribution is 6.29. The topological polar surface area (TPSA) is 87.7 Å². The van der Waals surface area contributed by atoms with E-state index in [1.807, 2.05) is 24.3 Å². The number of aliphatic hydroxyl groups excluding tert-OH is 1. The molecule has 2 aromatic carbocycles. The number of nitrogens with one attached hydrogen (secondary N) is 1. The van der Waals surface area contributed by atoms with Crippen LogP contribution in [0.1, 0.15) is 12.7 Å². The first-order valence-corrected chi connectivity index (χ1v) is 8.48. The molecule has 0 radical (unpaired) electrons. The first-order valence-electron chi connectivity index (χ1n) is 8.48. The molecule has 0 saturated carbocycles. The van der Waals surface area contributed by atoms with Crippen LogP contribution in [0.4, 0.5) is 5.69 Å². The molecule has 7 heteroatoms. The van der Waals surface area contributed by atoms with Gasteiger partial charge in [0.05, 0.1) is 37.0 Å². The molecule has 1 unspecified atom stereocenters. The van der Waals surface area contributed by atoms with Gasteiger partial charge in [0.25, 0.3) is 5.91 Å². The number of carbonyl (C=O) groups is 1. The van der Waals surface area contributed by atoms with Gasteiger partial charge in [-0.25, -0.2) is 4.98 Å². The van der Waals surface area contributed by atoms with Crippen LogP contribution < -0.4 is 14.4 Å². The summed E-state index contributed by atoms with van der Waals surface area (Å²) < 4.78 is 10.6. The monoisotopic (exact) mass is 365 g/mol. The number of rotatable bonds is 4. The summed E-state index contributed by atoms with van der Waals surface area (Å²) >= 11 is 0. The van der Waals surface area contributed by atoms with Crippen LogP contribution >= 0.6 is 0 Å². The van der Waals surface area contributed by atoms with Crippen molar-refractivity contribution in [2.24, 2.45) is 0 Å². The molecule has 0 fully saturated rings. The molecule has 2 heterocycles. The van der Waals surface area contributed by atoms with E-state index in [2.05, 4.69) is 9.97 Å². The number of nitrogens with zero attached hydrogens (tertiary/aromatic N) is 2. The highest BCUT2D eigenvalue weighted by Gasteiger charge is 2.40. The lowest BCUT2D eigenvalue weighted by molar-refractivity contribution is -0.113. The van der Waals surface area contributed by atoms with Crippen molar-refractivity contribution in [1.29, 1.82) is 0 Å². The van der Waals surface area contributed by atoms with Gasteiger partial charge in [0.1, 0.15) is 28.7 Å². The van der Waals surface area contributed by atoms with Crippen molar-refractivity contribution in [3.63, 3.8) is 0 Å². The van der Waals surface area contributed by atoms with E-state index in [0.29, 0.717) is 23.0 Å². The Bertz CT molecular complexity index is 1010. The average Bonchev–Trinajstić information content (AvgIpc) is 3.19. The number of aliphatic hydroxyl groups is 1. The number of ether oxygens (including phenoxy) is 2. The lowest BCUT2D eigenvalue weighted by Crippen LogP contribution is -2.33. The Labute approximate surface area is 155 Å². The van der Waals surface area contributed by atoms with Crippen molar-refractivity contribution in [2.75, 3.05) is 19.1 Å². The summed E-state index contributed by atoms with van der Waals surface area (Å²) in [6.07, 6.45) is 0. The minimum Gasteiger partial charge on any atom is -0.509 e. The second-order valence-corrected chi connectivity index (χ2v) is 6.28. The Morgan fingerprint density at radius 1 is 1.11 bits per heavy atom. The maximum absolute atomic E-state index is 13.2. The number of imidazole rings is 1. The number of carbonyl (C=O) groups excluding carboxylic acids is 1. The van der Waals surface area contributed by atoms with Gasteiger partial charge in [-0.2, -0.15) is 0 Å². The fourth-order valence-electron chi connectivity index (χ4n) is 3.30. The van der Waals surface area contributed by atoms with E-state index >= 15 is 0 Å². The molecule has 1 aliphatic heterocycles. The molecule has 27 heavy (non-hydrogen) atoms. The number of anilines is 1. The standard InChI is InChI=1S/C20H19N3O4/c1-11-18(24)17(19-21-15-6-4-5-7-16(15)22-19)20(25)23(11)12-8-13(26-2)10-14(9-12)27-3/h4-11,24H,1-3H3,(H,21,22). The molecule has 4 rings (SSSR count). The van der Waals surface area contributed by atoms with Gasteiger partial charge in [-0.15, -0.1) is 0 Å². The van der Waals surface area contributed by atoms with E-state index in [-0.39, 0.29) is 17.2 Å². The van der Waals surface area contributed by atoms with Gasteiger partial charge in [0, 0.05) is 18.2 Å². The van der Waals surface area contributed by atoms with Gasteiger partial charge in [-0.3, -0.25) is 9.69 Å². The molecular formula is C20H19N3O4. The van der Waals surface area contributed by atoms with Crippen LogP contribution in [0.25, 0.3) is 16.6 Å². The summed E-state index contributed by atoms with van der Waals surface area (Å²) in [6, 6.07) is 12.1. The first-order chi connectivity index (χ1) is 13.0. The third-order valence-corrected chi connectivity index (χ3v) is 4.71. The Balaban J connectivity index is 1.78. The Hall–Kier alpha value is -3.48. The van der Waals surface area contributed by atoms with Gasteiger partial charge in [0.2, 0.25) is 0 Å². The minimum atomic E-state index is -0.544. The molecule has 1 amide bonds. The molecule has 3 aromatic rings. The number of H-pyrrole nitrogens is 1. The lowest BCUT2D eigenvalue weighted by atomic mass is 10.2. The van der Waals surface area contributed by atoms with Crippen LogP contribution in [-0.4, -0.2) is 41.2 Å². The third kappa shape index (κ3) is 2.68. The number of aromatic nitrogens is 2. The largest absolute Gasteiger partial charge is 0.509 e. The zero-order valence-electron chi connectivity index (χ0n) is 15.2. The number of para-hydroxylation sites is 2. The Morgan fingerprint density at radius 3 is 2.41 bits per heavy atom. The van der Waals surface area contributed by atoms with Crippen LogP contribution in [0.3, 0.4) is 0 Å². The van der Waals surface area contributed by atoms with E-state index < -0.39 is 6.04 Å². The van der Waals surface area contributed by atoms with Gasteiger partial charge in [-0.1, -0.05) is 12.1 Å². The quantitative estimate of drug-likeness (QED) is 0.741. The summed E-state index contributed by atoms with van der Waals surface area (Å²) in [5.74, 6) is 1.10. The van der Waals surface area contributed by atoms with Crippen molar-refractivity contribution in [3.05, 3.63) is 54.0 Å². The Kier molecular flexibility index (Phi) is 3.99. The van der Waals surface area contributed by atoms with Crippen LogP contribution in [0, 0.1) is 0 Å². The summed E-state index contributed by atoms with van der Waals surface area (Å²) in [6.45, 7) is 1.76. The van der Waals surface area contributed by atoms with Gasteiger partial charge >= 0.3 is 0 Å². The molecule has 1 atom stereocenters. The predicted molar refractivity (Wildman–Crippen MR) is 102 cm³/mol. The van der Waals surface area contributed by atoms with Crippen molar-refractivity contribution in [2.45, 2.75) is 13.0 Å². The number of hydrogen-bond donors (Lipinski definition) is 2. The van der Waals surface area contributed by atoms with Gasteiger partial charge in [-0.05, 0) is 19.1 Å². The molecule has 0 saturated heterocycles. The molecule has 0 aliphatic carbocycles. The zero-order valence-corrected chi connectivity index (χ0v) is 15.2. The summed E-state index contributed by atoms with van der Waals surface area (Å²) in [5.41, 5.74) is 2.27. The smallest absolute Gasteiger partial charge is 0.266 e. The van der Waals surface area contributed by atoms with Crippen molar-refractivity contribution >= 4 is 28.2 Å². The summed E-state index contributed by atoms with van der Waals surface area (Å²) in [5, 5.41) is 10.7. The van der Waals surface area contributed by atoms with Crippen molar-refractivity contribution in [1.82, 2.24) is 9.97 Å². The molecule has 0 spiro atoms. The molecule has 138 valence electrons. The van der Waals surface area contributed by atoms with Crippen LogP contribution in [-0.2, 0) is 4.79 Å². The summed E-state index contributed by atoms with van der Waals surface area (Å²) in [4.78, 5) is 22.2. The Morgan fingerprint density at radius 2 is 1.78 bits per heavy atom. The SMILES string of the molecule is COc1cc(OC)cc(N2C(=O)C(c3nc4ccccc4[nH]3)=C(O)C2C)c1. The van der Waals surface area contributed by atoms with E-state index in [4.69, 9.17) is 9.47 Å². The number of benzene rings is 2. The van der Waals surface area contributed by atoms with Gasteiger partial charge < -0.3 is 19.6 Å². The van der Waals surface area contributed by atoms with Crippen molar-refractivity contribution < 1.29 is 19.4 Å². The highest BCUT2D eigenvalue weighted by Crippen LogP contribution is 2.37. The fourth-order valence-corrected chi connectivity index (χ4v) is 3.30. The predicted octanol–water partition coefficient (Wildman–Crippen LogP) is 3.28. The number of fused-ring (bicyclic) bond motifs is 1. The first kappa shape index (κ1) is 17.0. The second-order valence-electron chi connectivity index (χ2n) is 6.28. The molecule has 1 aromatic heterocycles. The number of methoxy groups -OCH3 is 2. The average molecular weight is 365 g/mol.